The Morgan fingerprint density at radius 1 is 0.970 bits per heavy atom. The Balaban J connectivity index is 1.45. The van der Waals surface area contributed by atoms with Gasteiger partial charge in [0, 0.05) is 36.9 Å². The van der Waals surface area contributed by atoms with E-state index in [1.54, 1.807) is 25.6 Å². The molecule has 4 rings (SSSR count). The standard InChI is InChI=1S/C26H27N3O4/c1-32-24-5-2-4-23(28-24)20-9-12-22(13-10-20)33-18-21(11-8-19-14-16-27-17-15-19)29-25(30)6-3-7-26(29)31/h2,4-5,9-10,12-17,21H,3,6-8,11,18H2,1H3. The molecule has 1 aromatic carbocycles. The third-order valence-corrected chi connectivity index (χ3v) is 5.72. The van der Waals surface area contributed by atoms with Crippen LogP contribution in [0.5, 0.6) is 11.6 Å². The average Bonchev–Trinajstić information content (AvgIpc) is 2.86. The highest BCUT2D eigenvalue weighted by atomic mass is 16.5. The summed E-state index contributed by atoms with van der Waals surface area (Å²) in [6.45, 7) is 0.249. The summed E-state index contributed by atoms with van der Waals surface area (Å²) >= 11 is 0. The molecule has 1 unspecified atom stereocenters. The molecule has 0 N–H and O–H groups in total. The Morgan fingerprint density at radius 2 is 1.70 bits per heavy atom. The molecule has 7 heteroatoms. The molecule has 0 bridgehead atoms. The third-order valence-electron chi connectivity index (χ3n) is 5.72. The first-order chi connectivity index (χ1) is 16.1. The molecule has 0 radical (unpaired) electrons. The molecule has 7 nitrogen and oxygen atoms in total. The zero-order valence-electron chi connectivity index (χ0n) is 18.6. The van der Waals surface area contributed by atoms with Gasteiger partial charge in [-0.15, -0.1) is 0 Å². The number of pyridine rings is 2. The molecule has 0 aliphatic carbocycles. The van der Waals surface area contributed by atoms with E-state index in [9.17, 15) is 9.59 Å². The second kappa shape index (κ2) is 10.7. The maximum atomic E-state index is 12.5. The molecule has 1 atom stereocenters. The van der Waals surface area contributed by atoms with Crippen LogP contribution in [0.2, 0.25) is 0 Å². The van der Waals surface area contributed by atoms with Crippen LogP contribution in [-0.2, 0) is 16.0 Å². The van der Waals surface area contributed by atoms with E-state index in [1.165, 1.54) is 4.90 Å². The number of nitrogens with zero attached hydrogens (tertiary/aromatic N) is 3. The summed E-state index contributed by atoms with van der Waals surface area (Å²) < 4.78 is 11.2. The van der Waals surface area contributed by atoms with E-state index in [0.29, 0.717) is 37.3 Å². The summed E-state index contributed by atoms with van der Waals surface area (Å²) in [4.78, 5) is 35.0. The van der Waals surface area contributed by atoms with Crippen LogP contribution < -0.4 is 9.47 Å². The number of amides is 2. The fourth-order valence-corrected chi connectivity index (χ4v) is 3.95. The smallest absolute Gasteiger partial charge is 0.229 e. The van der Waals surface area contributed by atoms with E-state index in [0.717, 1.165) is 23.2 Å². The summed E-state index contributed by atoms with van der Waals surface area (Å²) in [5, 5.41) is 0. The fraction of sp³-hybridized carbons (Fsp3) is 0.308. The number of imide groups is 1. The van der Waals surface area contributed by atoms with Gasteiger partial charge in [-0.05, 0) is 67.3 Å². The lowest BCUT2D eigenvalue weighted by atomic mass is 10.0. The second-order valence-electron chi connectivity index (χ2n) is 7.96. The van der Waals surface area contributed by atoms with Crippen molar-refractivity contribution in [1.82, 2.24) is 14.9 Å². The lowest BCUT2D eigenvalue weighted by molar-refractivity contribution is -0.151. The minimum Gasteiger partial charge on any atom is -0.491 e. The Kier molecular flexibility index (Phi) is 7.29. The number of carbonyl (C=O) groups excluding carboxylic acids is 2. The highest BCUT2D eigenvalue weighted by molar-refractivity contribution is 5.97. The number of likely N-dealkylation sites (tertiary alicyclic amines) is 1. The molecule has 3 heterocycles. The topological polar surface area (TPSA) is 81.6 Å². The van der Waals surface area contributed by atoms with Gasteiger partial charge in [0.2, 0.25) is 17.7 Å². The van der Waals surface area contributed by atoms with Crippen LogP contribution in [0, 0.1) is 0 Å². The van der Waals surface area contributed by atoms with E-state index in [-0.39, 0.29) is 24.5 Å². The Hall–Kier alpha value is -3.74. The van der Waals surface area contributed by atoms with Gasteiger partial charge in [-0.25, -0.2) is 4.98 Å². The third kappa shape index (κ3) is 5.74. The number of aromatic nitrogens is 2. The molecule has 1 saturated heterocycles. The molecule has 1 aliphatic heterocycles. The number of methoxy groups -OCH3 is 1. The number of aryl methyl sites for hydroxylation is 1. The number of rotatable bonds is 9. The number of benzene rings is 1. The van der Waals surface area contributed by atoms with E-state index in [4.69, 9.17) is 9.47 Å². The minimum absolute atomic E-state index is 0.117. The van der Waals surface area contributed by atoms with Crippen molar-refractivity contribution in [3.8, 4) is 22.9 Å². The first-order valence-corrected chi connectivity index (χ1v) is 11.1. The van der Waals surface area contributed by atoms with Crippen LogP contribution in [0.25, 0.3) is 11.3 Å². The number of carbonyl (C=O) groups is 2. The molecule has 3 aromatic rings. The van der Waals surface area contributed by atoms with Crippen LogP contribution in [0.15, 0.2) is 67.0 Å². The zero-order chi connectivity index (χ0) is 23.0. The van der Waals surface area contributed by atoms with Gasteiger partial charge < -0.3 is 9.47 Å². The van der Waals surface area contributed by atoms with Crippen LogP contribution in [0.1, 0.15) is 31.2 Å². The number of hydrogen-bond acceptors (Lipinski definition) is 6. The quantitative estimate of drug-likeness (QED) is 0.462. The Labute approximate surface area is 193 Å². The van der Waals surface area contributed by atoms with Crippen molar-refractivity contribution in [3.63, 3.8) is 0 Å². The van der Waals surface area contributed by atoms with Gasteiger partial charge in [0.05, 0.1) is 18.8 Å². The first-order valence-electron chi connectivity index (χ1n) is 11.1. The fourth-order valence-electron chi connectivity index (χ4n) is 3.95. The highest BCUT2D eigenvalue weighted by Gasteiger charge is 2.32. The molecular formula is C26H27N3O4. The SMILES string of the molecule is COc1cccc(-c2ccc(OCC(CCc3ccncc3)N3C(=O)CCCC3=O)cc2)n1. The molecule has 2 aromatic heterocycles. The molecule has 1 fully saturated rings. The second-order valence-corrected chi connectivity index (χ2v) is 7.96. The molecule has 0 saturated carbocycles. The molecule has 2 amide bonds. The molecule has 33 heavy (non-hydrogen) atoms. The van der Waals surface area contributed by atoms with Crippen molar-refractivity contribution >= 4 is 11.8 Å². The maximum absolute atomic E-state index is 12.5. The summed E-state index contributed by atoms with van der Waals surface area (Å²) in [6.07, 6.45) is 6.28. The Morgan fingerprint density at radius 3 is 2.39 bits per heavy atom. The minimum atomic E-state index is -0.321. The van der Waals surface area contributed by atoms with Crippen molar-refractivity contribution in [3.05, 3.63) is 72.6 Å². The van der Waals surface area contributed by atoms with E-state index >= 15 is 0 Å². The van der Waals surface area contributed by atoms with Crippen LogP contribution in [0.3, 0.4) is 0 Å². The van der Waals surface area contributed by atoms with Gasteiger partial charge in [-0.2, -0.15) is 0 Å². The summed E-state index contributed by atoms with van der Waals surface area (Å²) in [5.74, 6) is 0.997. The monoisotopic (exact) mass is 445 g/mol. The normalized spacial score (nSPS) is 14.8. The average molecular weight is 446 g/mol. The molecule has 0 spiro atoms. The van der Waals surface area contributed by atoms with Crippen LogP contribution in [-0.4, -0.2) is 46.4 Å². The predicted molar refractivity (Wildman–Crippen MR) is 124 cm³/mol. The predicted octanol–water partition coefficient (Wildman–Crippen LogP) is 4.07. The van der Waals surface area contributed by atoms with Crippen LogP contribution in [0.4, 0.5) is 0 Å². The summed E-state index contributed by atoms with van der Waals surface area (Å²) in [5.41, 5.74) is 2.86. The highest BCUT2D eigenvalue weighted by Crippen LogP contribution is 2.24. The first kappa shape index (κ1) is 22.5. The van der Waals surface area contributed by atoms with Gasteiger partial charge in [-0.3, -0.25) is 19.5 Å². The van der Waals surface area contributed by atoms with E-state index < -0.39 is 0 Å². The Bertz CT molecular complexity index is 1070. The largest absolute Gasteiger partial charge is 0.491 e. The van der Waals surface area contributed by atoms with E-state index in [1.807, 2.05) is 48.5 Å². The van der Waals surface area contributed by atoms with Crippen LogP contribution >= 0.6 is 0 Å². The van der Waals surface area contributed by atoms with Crippen molar-refractivity contribution in [2.75, 3.05) is 13.7 Å². The van der Waals surface area contributed by atoms with Gasteiger partial charge in [0.1, 0.15) is 12.4 Å². The summed E-state index contributed by atoms with van der Waals surface area (Å²) in [6, 6.07) is 16.8. The lowest BCUT2D eigenvalue weighted by Gasteiger charge is -2.33. The van der Waals surface area contributed by atoms with Gasteiger partial charge >= 0.3 is 0 Å². The van der Waals surface area contributed by atoms with Crippen molar-refractivity contribution in [2.24, 2.45) is 0 Å². The number of ether oxygens (including phenoxy) is 2. The van der Waals surface area contributed by atoms with Gasteiger partial charge in [0.25, 0.3) is 0 Å². The van der Waals surface area contributed by atoms with Gasteiger partial charge in [-0.1, -0.05) is 6.07 Å². The van der Waals surface area contributed by atoms with Crippen molar-refractivity contribution in [1.29, 1.82) is 0 Å². The lowest BCUT2D eigenvalue weighted by Crippen LogP contribution is -2.49. The van der Waals surface area contributed by atoms with Gasteiger partial charge in [0.15, 0.2) is 0 Å². The number of piperidine rings is 1. The molecular weight excluding hydrogens is 418 g/mol. The van der Waals surface area contributed by atoms with E-state index in [2.05, 4.69) is 9.97 Å². The molecule has 1 aliphatic rings. The van der Waals surface area contributed by atoms with Crippen molar-refractivity contribution < 1.29 is 19.1 Å². The molecule has 170 valence electrons. The summed E-state index contributed by atoms with van der Waals surface area (Å²) in [7, 11) is 1.59. The van der Waals surface area contributed by atoms with Crippen molar-refractivity contribution in [2.45, 2.75) is 38.1 Å². The maximum Gasteiger partial charge on any atom is 0.229 e. The number of hydrogen-bond donors (Lipinski definition) is 0. The zero-order valence-corrected chi connectivity index (χ0v) is 18.6.